The molecule has 0 heterocycles. The Hall–Kier alpha value is -2.33. The molecule has 0 fully saturated rings. The molecule has 108 valence electrons. The summed E-state index contributed by atoms with van der Waals surface area (Å²) in [6.45, 7) is 3.57. The van der Waals surface area contributed by atoms with Crippen LogP contribution in [0.25, 0.3) is 0 Å². The first-order valence-corrected chi connectivity index (χ1v) is 6.67. The van der Waals surface area contributed by atoms with Crippen LogP contribution in [0.1, 0.15) is 31.8 Å². The molecule has 0 aliphatic heterocycles. The van der Waals surface area contributed by atoms with E-state index in [4.69, 9.17) is 11.6 Å². The van der Waals surface area contributed by atoms with Gasteiger partial charge in [-0.15, -0.1) is 0 Å². The molecule has 0 saturated carbocycles. The molecule has 0 aliphatic rings. The third-order valence-electron chi connectivity index (χ3n) is 3.05. The second-order valence-electron chi connectivity index (χ2n) is 4.77. The Bertz CT molecular complexity index is 705. The molecule has 1 amide bonds. The first-order valence-electron chi connectivity index (χ1n) is 6.30. The van der Waals surface area contributed by atoms with E-state index in [-0.39, 0.29) is 5.56 Å². The number of carbonyl (C=O) groups excluding carboxylic acids is 1. The Morgan fingerprint density at radius 2 is 1.86 bits per heavy atom. The number of hydrogen-bond acceptors (Lipinski definition) is 2. The van der Waals surface area contributed by atoms with Gasteiger partial charge >= 0.3 is 5.97 Å². The minimum Gasteiger partial charge on any atom is -0.478 e. The molecule has 2 rings (SSSR count). The Labute approximate surface area is 127 Å². The average Bonchev–Trinajstić information content (AvgIpc) is 2.39. The molecule has 0 aromatic heterocycles. The lowest BCUT2D eigenvalue weighted by Crippen LogP contribution is -2.16. The topological polar surface area (TPSA) is 66.4 Å². The number of benzene rings is 2. The van der Waals surface area contributed by atoms with Crippen LogP contribution in [0, 0.1) is 13.8 Å². The van der Waals surface area contributed by atoms with Gasteiger partial charge < -0.3 is 10.4 Å². The zero-order chi connectivity index (χ0) is 15.6. The number of rotatable bonds is 3. The van der Waals surface area contributed by atoms with Crippen LogP contribution in [0.5, 0.6) is 0 Å². The predicted molar refractivity (Wildman–Crippen MR) is 82.3 cm³/mol. The van der Waals surface area contributed by atoms with Crippen molar-refractivity contribution in [3.8, 4) is 0 Å². The fraction of sp³-hybridized carbons (Fsp3) is 0.125. The third-order valence-corrected chi connectivity index (χ3v) is 3.26. The van der Waals surface area contributed by atoms with E-state index in [0.29, 0.717) is 21.8 Å². The van der Waals surface area contributed by atoms with Crippen molar-refractivity contribution in [3.63, 3.8) is 0 Å². The number of para-hydroxylation sites is 1. The summed E-state index contributed by atoms with van der Waals surface area (Å²) in [6.07, 6.45) is 0. The first kappa shape index (κ1) is 15.1. The van der Waals surface area contributed by atoms with Crippen molar-refractivity contribution in [3.05, 3.63) is 63.7 Å². The number of aryl methyl sites for hydroxylation is 2. The molecule has 0 aliphatic carbocycles. The summed E-state index contributed by atoms with van der Waals surface area (Å²) >= 11 is 5.94. The fourth-order valence-corrected chi connectivity index (χ4v) is 2.35. The SMILES string of the molecule is Cc1cc(Cl)cc(C(=O)Nc2c(C)cccc2C(=O)O)c1. The van der Waals surface area contributed by atoms with E-state index in [0.717, 1.165) is 5.56 Å². The molecule has 4 nitrogen and oxygen atoms in total. The van der Waals surface area contributed by atoms with Crippen molar-refractivity contribution in [2.75, 3.05) is 5.32 Å². The highest BCUT2D eigenvalue weighted by Crippen LogP contribution is 2.22. The van der Waals surface area contributed by atoms with Crippen LogP contribution in [0.2, 0.25) is 5.02 Å². The number of carboxylic acid groups (broad SMARTS) is 1. The highest BCUT2D eigenvalue weighted by atomic mass is 35.5. The summed E-state index contributed by atoms with van der Waals surface area (Å²) < 4.78 is 0. The van der Waals surface area contributed by atoms with Crippen LogP contribution in [0.15, 0.2) is 36.4 Å². The molecule has 0 bridgehead atoms. The van der Waals surface area contributed by atoms with Crippen LogP contribution in [0.3, 0.4) is 0 Å². The normalized spacial score (nSPS) is 10.2. The van der Waals surface area contributed by atoms with Gasteiger partial charge in [-0.25, -0.2) is 4.79 Å². The summed E-state index contributed by atoms with van der Waals surface area (Å²) in [5, 5.41) is 12.3. The van der Waals surface area contributed by atoms with Gasteiger partial charge in [-0.3, -0.25) is 4.79 Å². The zero-order valence-electron chi connectivity index (χ0n) is 11.6. The van der Waals surface area contributed by atoms with Gasteiger partial charge in [0, 0.05) is 10.6 Å². The number of halogens is 1. The average molecular weight is 304 g/mol. The number of anilines is 1. The van der Waals surface area contributed by atoms with Gasteiger partial charge in [0.05, 0.1) is 11.3 Å². The molecule has 2 N–H and O–H groups in total. The smallest absolute Gasteiger partial charge is 0.337 e. The van der Waals surface area contributed by atoms with Gasteiger partial charge in [0.15, 0.2) is 0 Å². The molecule has 2 aromatic rings. The number of amides is 1. The molecule has 0 atom stereocenters. The molecule has 0 unspecified atom stereocenters. The highest BCUT2D eigenvalue weighted by molar-refractivity contribution is 6.31. The van der Waals surface area contributed by atoms with Gasteiger partial charge in [-0.1, -0.05) is 23.7 Å². The summed E-state index contributed by atoms with van der Waals surface area (Å²) in [5.41, 5.74) is 2.28. The van der Waals surface area contributed by atoms with E-state index in [1.165, 1.54) is 6.07 Å². The maximum atomic E-state index is 12.3. The molecule has 5 heteroatoms. The van der Waals surface area contributed by atoms with E-state index in [1.807, 2.05) is 6.92 Å². The molecule has 21 heavy (non-hydrogen) atoms. The number of aromatic carboxylic acids is 1. The Morgan fingerprint density at radius 1 is 1.14 bits per heavy atom. The minimum absolute atomic E-state index is 0.0575. The van der Waals surface area contributed by atoms with Crippen molar-refractivity contribution >= 4 is 29.2 Å². The maximum absolute atomic E-state index is 12.3. The molecule has 0 saturated heterocycles. The van der Waals surface area contributed by atoms with Gasteiger partial charge in [-0.2, -0.15) is 0 Å². The van der Waals surface area contributed by atoms with Gasteiger partial charge in [-0.05, 0) is 49.2 Å². The van der Waals surface area contributed by atoms with E-state index >= 15 is 0 Å². The van der Waals surface area contributed by atoms with E-state index in [2.05, 4.69) is 5.32 Å². The largest absolute Gasteiger partial charge is 0.478 e. The Morgan fingerprint density at radius 3 is 2.48 bits per heavy atom. The van der Waals surface area contributed by atoms with Crippen molar-refractivity contribution in [2.24, 2.45) is 0 Å². The molecular weight excluding hydrogens is 290 g/mol. The summed E-state index contributed by atoms with van der Waals surface area (Å²) in [6, 6.07) is 9.81. The lowest BCUT2D eigenvalue weighted by atomic mass is 10.1. The fourth-order valence-electron chi connectivity index (χ4n) is 2.07. The number of hydrogen-bond donors (Lipinski definition) is 2. The zero-order valence-corrected chi connectivity index (χ0v) is 12.4. The Balaban J connectivity index is 2.38. The molecule has 0 spiro atoms. The predicted octanol–water partition coefficient (Wildman–Crippen LogP) is 3.91. The third kappa shape index (κ3) is 3.41. The summed E-state index contributed by atoms with van der Waals surface area (Å²) in [5.74, 6) is -1.48. The quantitative estimate of drug-likeness (QED) is 0.903. The highest BCUT2D eigenvalue weighted by Gasteiger charge is 2.15. The van der Waals surface area contributed by atoms with E-state index in [9.17, 15) is 14.7 Å². The first-order chi connectivity index (χ1) is 9.88. The molecule has 0 radical (unpaired) electrons. The van der Waals surface area contributed by atoms with Crippen LogP contribution < -0.4 is 5.32 Å². The van der Waals surface area contributed by atoms with Crippen LogP contribution >= 0.6 is 11.6 Å². The summed E-state index contributed by atoms with van der Waals surface area (Å²) in [7, 11) is 0. The van der Waals surface area contributed by atoms with Crippen LogP contribution in [-0.2, 0) is 0 Å². The monoisotopic (exact) mass is 303 g/mol. The van der Waals surface area contributed by atoms with E-state index < -0.39 is 11.9 Å². The summed E-state index contributed by atoms with van der Waals surface area (Å²) in [4.78, 5) is 23.5. The minimum atomic E-state index is -1.09. The second kappa shape index (κ2) is 5.97. The van der Waals surface area contributed by atoms with E-state index in [1.54, 1.807) is 37.3 Å². The lowest BCUT2D eigenvalue weighted by Gasteiger charge is -2.12. The molecular formula is C16H14ClNO3. The van der Waals surface area contributed by atoms with Crippen molar-refractivity contribution in [2.45, 2.75) is 13.8 Å². The van der Waals surface area contributed by atoms with Crippen molar-refractivity contribution in [1.29, 1.82) is 0 Å². The van der Waals surface area contributed by atoms with Gasteiger partial charge in [0.1, 0.15) is 0 Å². The van der Waals surface area contributed by atoms with Gasteiger partial charge in [0.25, 0.3) is 5.91 Å². The van der Waals surface area contributed by atoms with Crippen LogP contribution in [-0.4, -0.2) is 17.0 Å². The van der Waals surface area contributed by atoms with Crippen LogP contribution in [0.4, 0.5) is 5.69 Å². The maximum Gasteiger partial charge on any atom is 0.337 e. The number of carbonyl (C=O) groups is 2. The molecule has 2 aromatic carbocycles. The standard InChI is InChI=1S/C16H14ClNO3/c1-9-6-11(8-12(17)7-9)15(19)18-14-10(2)4-3-5-13(14)16(20)21/h3-8H,1-2H3,(H,18,19)(H,20,21). The van der Waals surface area contributed by atoms with Crippen molar-refractivity contribution < 1.29 is 14.7 Å². The number of nitrogens with one attached hydrogen (secondary N) is 1. The Kier molecular flexibility index (Phi) is 4.29. The van der Waals surface area contributed by atoms with Crippen molar-refractivity contribution in [1.82, 2.24) is 0 Å². The second-order valence-corrected chi connectivity index (χ2v) is 5.21. The number of carboxylic acids is 1. The van der Waals surface area contributed by atoms with Gasteiger partial charge in [0.2, 0.25) is 0 Å². The lowest BCUT2D eigenvalue weighted by molar-refractivity contribution is 0.0698.